The normalized spacial score (nSPS) is 13.2. The predicted molar refractivity (Wildman–Crippen MR) is 137 cm³/mol. The first kappa shape index (κ1) is 23.0. The average Bonchev–Trinajstić information content (AvgIpc) is 2.86. The van der Waals surface area contributed by atoms with Crippen molar-refractivity contribution in [3.8, 4) is 5.75 Å². The van der Waals surface area contributed by atoms with E-state index in [1.54, 1.807) is 0 Å². The van der Waals surface area contributed by atoms with Gasteiger partial charge in [-0.3, -0.25) is 0 Å². The first-order chi connectivity index (χ1) is 16.2. The Labute approximate surface area is 197 Å². The lowest BCUT2D eigenvalue weighted by Gasteiger charge is -2.26. The van der Waals surface area contributed by atoms with Crippen LogP contribution in [0.5, 0.6) is 5.75 Å². The molecule has 4 aromatic carbocycles. The first-order valence-electron chi connectivity index (χ1n) is 11.7. The Kier molecular flexibility index (Phi) is 8.13. The van der Waals surface area contributed by atoms with Crippen molar-refractivity contribution in [1.82, 2.24) is 4.90 Å². The number of fused-ring (bicyclic) bond motifs is 1. The van der Waals surface area contributed by atoms with Crippen LogP contribution < -0.4 is 4.74 Å². The Hall–Kier alpha value is -3.14. The van der Waals surface area contributed by atoms with E-state index >= 15 is 0 Å². The van der Waals surface area contributed by atoms with Crippen LogP contribution in [-0.4, -0.2) is 32.2 Å². The molecule has 0 aliphatic carbocycles. The van der Waals surface area contributed by atoms with Gasteiger partial charge in [0.15, 0.2) is 0 Å². The van der Waals surface area contributed by atoms with Gasteiger partial charge in [0, 0.05) is 24.5 Å². The van der Waals surface area contributed by atoms with Crippen LogP contribution in [0.1, 0.15) is 36.1 Å². The minimum Gasteiger partial charge on any atom is -0.493 e. The highest BCUT2D eigenvalue weighted by Gasteiger charge is 2.17. The fourth-order valence-corrected chi connectivity index (χ4v) is 4.33. The van der Waals surface area contributed by atoms with Crippen molar-refractivity contribution in [3.63, 3.8) is 0 Å². The van der Waals surface area contributed by atoms with Gasteiger partial charge < -0.3 is 14.4 Å². The third kappa shape index (κ3) is 6.22. The maximum Gasteiger partial charge on any atom is 0.127 e. The molecule has 0 aromatic heterocycles. The van der Waals surface area contributed by atoms with Crippen LogP contribution in [0.4, 0.5) is 0 Å². The van der Waals surface area contributed by atoms with E-state index in [0.717, 1.165) is 24.0 Å². The lowest BCUT2D eigenvalue weighted by molar-refractivity contribution is 0.0263. The van der Waals surface area contributed by atoms with Crippen molar-refractivity contribution in [2.75, 3.05) is 27.3 Å². The smallest absolute Gasteiger partial charge is 0.127 e. The molecule has 170 valence electrons. The minimum absolute atomic E-state index is 0.000220. The maximum atomic E-state index is 6.45. The summed E-state index contributed by atoms with van der Waals surface area (Å²) in [5.41, 5.74) is 2.52. The van der Waals surface area contributed by atoms with E-state index in [1.807, 2.05) is 18.2 Å². The molecule has 0 saturated heterocycles. The number of hydrogen-bond acceptors (Lipinski definition) is 3. The molecule has 4 aromatic rings. The molecule has 2 unspecified atom stereocenters. The highest BCUT2D eigenvalue weighted by Crippen LogP contribution is 2.28. The highest BCUT2D eigenvalue weighted by molar-refractivity contribution is 5.88. The third-order valence-electron chi connectivity index (χ3n) is 6.08. The molecule has 0 fully saturated rings. The van der Waals surface area contributed by atoms with Gasteiger partial charge in [-0.25, -0.2) is 0 Å². The van der Waals surface area contributed by atoms with E-state index in [1.165, 1.54) is 16.5 Å². The van der Waals surface area contributed by atoms with Crippen molar-refractivity contribution in [1.29, 1.82) is 0 Å². The summed E-state index contributed by atoms with van der Waals surface area (Å²) in [6, 6.07) is 36.0. The molecule has 3 heteroatoms. The van der Waals surface area contributed by atoms with Crippen LogP contribution >= 0.6 is 0 Å². The van der Waals surface area contributed by atoms with E-state index in [4.69, 9.17) is 9.47 Å². The standard InChI is InChI=1S/C30H33NO2/c1-31(2)28(25-13-5-3-6-14-25)20-22-32-29(26-15-7-4-8-16-26)21-23-33-30-19-11-17-24-12-9-10-18-27(24)30/h3-19,28-29H,20-23H2,1-2H3. The second-order valence-electron chi connectivity index (χ2n) is 8.56. The second-order valence-corrected chi connectivity index (χ2v) is 8.56. The number of ether oxygens (including phenoxy) is 2. The second kappa shape index (κ2) is 11.6. The van der Waals surface area contributed by atoms with Crippen LogP contribution in [0.25, 0.3) is 10.8 Å². The molecular weight excluding hydrogens is 406 g/mol. The molecule has 2 atom stereocenters. The highest BCUT2D eigenvalue weighted by atomic mass is 16.5. The topological polar surface area (TPSA) is 21.7 Å². The van der Waals surface area contributed by atoms with E-state index < -0.39 is 0 Å². The lowest BCUT2D eigenvalue weighted by Crippen LogP contribution is -2.22. The van der Waals surface area contributed by atoms with Crippen LogP contribution in [-0.2, 0) is 4.74 Å². The van der Waals surface area contributed by atoms with E-state index in [0.29, 0.717) is 19.3 Å². The van der Waals surface area contributed by atoms with Gasteiger partial charge in [0.05, 0.1) is 12.7 Å². The molecule has 33 heavy (non-hydrogen) atoms. The SMILES string of the molecule is CN(C)C(CCOC(CCOc1cccc2ccccc12)c1ccccc1)c1ccccc1. The number of hydrogen-bond donors (Lipinski definition) is 0. The van der Waals surface area contributed by atoms with Crippen molar-refractivity contribution in [2.24, 2.45) is 0 Å². The molecule has 0 amide bonds. The Balaban J connectivity index is 1.39. The summed E-state index contributed by atoms with van der Waals surface area (Å²) in [4.78, 5) is 2.26. The number of benzene rings is 4. The zero-order valence-corrected chi connectivity index (χ0v) is 19.6. The Morgan fingerprint density at radius 1 is 0.636 bits per heavy atom. The largest absolute Gasteiger partial charge is 0.493 e. The van der Waals surface area contributed by atoms with Gasteiger partial charge in [-0.1, -0.05) is 97.1 Å². The molecule has 0 heterocycles. The van der Waals surface area contributed by atoms with Crippen molar-refractivity contribution in [3.05, 3.63) is 114 Å². The average molecular weight is 440 g/mol. The summed E-state index contributed by atoms with van der Waals surface area (Å²) in [5, 5.41) is 2.34. The zero-order chi connectivity index (χ0) is 22.9. The summed E-state index contributed by atoms with van der Waals surface area (Å²) in [6.07, 6.45) is 1.73. The summed E-state index contributed by atoms with van der Waals surface area (Å²) < 4.78 is 12.7. The summed E-state index contributed by atoms with van der Waals surface area (Å²) >= 11 is 0. The Morgan fingerprint density at radius 2 is 1.27 bits per heavy atom. The van der Waals surface area contributed by atoms with Gasteiger partial charge >= 0.3 is 0 Å². The number of nitrogens with zero attached hydrogens (tertiary/aromatic N) is 1. The van der Waals surface area contributed by atoms with Gasteiger partial charge in [0.25, 0.3) is 0 Å². The summed E-state index contributed by atoms with van der Waals surface area (Å²) in [5.74, 6) is 0.927. The molecule has 0 aliphatic heterocycles. The summed E-state index contributed by atoms with van der Waals surface area (Å²) in [7, 11) is 4.26. The van der Waals surface area contributed by atoms with Gasteiger partial charge in [-0.2, -0.15) is 0 Å². The Morgan fingerprint density at radius 3 is 2.00 bits per heavy atom. The molecule has 0 bridgehead atoms. The van der Waals surface area contributed by atoms with Crippen molar-refractivity contribution in [2.45, 2.75) is 25.0 Å². The monoisotopic (exact) mass is 439 g/mol. The predicted octanol–water partition coefficient (Wildman–Crippen LogP) is 7.06. The fraction of sp³-hybridized carbons (Fsp3) is 0.267. The molecule has 0 saturated carbocycles. The van der Waals surface area contributed by atoms with E-state index in [2.05, 4.69) is 104 Å². The fourth-order valence-electron chi connectivity index (χ4n) is 4.33. The quantitative estimate of drug-likeness (QED) is 0.250. The molecular formula is C30H33NO2. The van der Waals surface area contributed by atoms with Gasteiger partial charge in [-0.15, -0.1) is 0 Å². The van der Waals surface area contributed by atoms with Crippen LogP contribution in [0.3, 0.4) is 0 Å². The van der Waals surface area contributed by atoms with Crippen LogP contribution in [0.15, 0.2) is 103 Å². The van der Waals surface area contributed by atoms with E-state index in [-0.39, 0.29) is 6.10 Å². The van der Waals surface area contributed by atoms with Crippen LogP contribution in [0, 0.1) is 0 Å². The van der Waals surface area contributed by atoms with Gasteiger partial charge in [-0.05, 0) is 43.1 Å². The van der Waals surface area contributed by atoms with E-state index in [9.17, 15) is 0 Å². The Bertz CT molecular complexity index is 1110. The van der Waals surface area contributed by atoms with Crippen molar-refractivity contribution < 1.29 is 9.47 Å². The zero-order valence-electron chi connectivity index (χ0n) is 19.6. The lowest BCUT2D eigenvalue weighted by atomic mass is 10.0. The van der Waals surface area contributed by atoms with Gasteiger partial charge in [0.1, 0.15) is 5.75 Å². The van der Waals surface area contributed by atoms with Gasteiger partial charge in [0.2, 0.25) is 0 Å². The molecule has 3 nitrogen and oxygen atoms in total. The minimum atomic E-state index is -0.000220. The molecule has 0 spiro atoms. The molecule has 0 aliphatic rings. The number of rotatable bonds is 11. The first-order valence-corrected chi connectivity index (χ1v) is 11.7. The maximum absolute atomic E-state index is 6.45. The summed E-state index contributed by atoms with van der Waals surface area (Å²) in [6.45, 7) is 1.29. The molecule has 0 N–H and O–H groups in total. The van der Waals surface area contributed by atoms with Crippen LogP contribution in [0.2, 0.25) is 0 Å². The third-order valence-corrected chi connectivity index (χ3v) is 6.08. The van der Waals surface area contributed by atoms with Crippen molar-refractivity contribution >= 4 is 10.8 Å². The molecule has 4 rings (SSSR count). The molecule has 0 radical (unpaired) electrons.